The Morgan fingerprint density at radius 1 is 1.19 bits per heavy atom. The Kier molecular flexibility index (Phi) is 2.84. The summed E-state index contributed by atoms with van der Waals surface area (Å²) in [5, 5.41) is 11.8. The van der Waals surface area contributed by atoms with E-state index in [2.05, 4.69) is 16.4 Å². The highest BCUT2D eigenvalue weighted by Crippen LogP contribution is 2.21. The van der Waals surface area contributed by atoms with Crippen LogP contribution >= 0.6 is 0 Å². The smallest absolute Gasteiger partial charge is 0.126 e. The highest BCUT2D eigenvalue weighted by Gasteiger charge is 2.00. The van der Waals surface area contributed by atoms with Gasteiger partial charge in [0.25, 0.3) is 0 Å². The molecule has 0 unspecified atom stereocenters. The molecule has 1 aromatic heterocycles. The van der Waals surface area contributed by atoms with Gasteiger partial charge in [0.2, 0.25) is 0 Å². The first-order valence-corrected chi connectivity index (χ1v) is 4.98. The molecule has 0 spiro atoms. The van der Waals surface area contributed by atoms with Crippen molar-refractivity contribution >= 4 is 5.82 Å². The first-order chi connectivity index (χ1) is 7.83. The van der Waals surface area contributed by atoms with Gasteiger partial charge in [-0.1, -0.05) is 12.1 Å². The van der Waals surface area contributed by atoms with Crippen molar-refractivity contribution in [2.75, 3.05) is 12.4 Å². The molecule has 3 nitrogen and oxygen atoms in total. The SMILES string of the molecule is CNc1cc(-c2cccc(C#N)c2)ccn1. The number of benzene rings is 1. The Morgan fingerprint density at radius 3 is 2.75 bits per heavy atom. The fourth-order valence-corrected chi connectivity index (χ4v) is 1.52. The summed E-state index contributed by atoms with van der Waals surface area (Å²) in [6, 6.07) is 13.5. The van der Waals surface area contributed by atoms with Gasteiger partial charge in [0.15, 0.2) is 0 Å². The standard InChI is InChI=1S/C13H11N3/c1-15-13-8-12(5-6-16-13)11-4-2-3-10(7-11)9-14/h2-8H,1H3,(H,15,16). The molecule has 0 aliphatic carbocycles. The molecular weight excluding hydrogens is 198 g/mol. The molecule has 0 atom stereocenters. The quantitative estimate of drug-likeness (QED) is 0.827. The number of hydrogen-bond donors (Lipinski definition) is 1. The summed E-state index contributed by atoms with van der Waals surface area (Å²) in [6.07, 6.45) is 1.75. The maximum Gasteiger partial charge on any atom is 0.126 e. The first-order valence-electron chi connectivity index (χ1n) is 4.98. The second-order valence-electron chi connectivity index (χ2n) is 3.37. The van der Waals surface area contributed by atoms with E-state index in [9.17, 15) is 0 Å². The summed E-state index contributed by atoms with van der Waals surface area (Å²) in [4.78, 5) is 4.15. The fraction of sp³-hybridized carbons (Fsp3) is 0.0769. The minimum Gasteiger partial charge on any atom is -0.373 e. The average Bonchev–Trinajstić information content (AvgIpc) is 2.39. The first kappa shape index (κ1) is 10.2. The zero-order valence-corrected chi connectivity index (χ0v) is 8.94. The van der Waals surface area contributed by atoms with Gasteiger partial charge in [-0.25, -0.2) is 4.98 Å². The van der Waals surface area contributed by atoms with Gasteiger partial charge >= 0.3 is 0 Å². The molecule has 0 saturated heterocycles. The van der Waals surface area contributed by atoms with Crippen LogP contribution < -0.4 is 5.32 Å². The molecule has 2 aromatic rings. The van der Waals surface area contributed by atoms with E-state index >= 15 is 0 Å². The highest BCUT2D eigenvalue weighted by atomic mass is 14.9. The van der Waals surface area contributed by atoms with Crippen molar-refractivity contribution in [1.82, 2.24) is 4.98 Å². The van der Waals surface area contributed by atoms with Gasteiger partial charge in [-0.2, -0.15) is 5.26 Å². The molecule has 16 heavy (non-hydrogen) atoms. The maximum atomic E-state index is 8.84. The predicted octanol–water partition coefficient (Wildman–Crippen LogP) is 2.66. The summed E-state index contributed by atoms with van der Waals surface area (Å²) in [7, 11) is 1.83. The van der Waals surface area contributed by atoms with Crippen LogP contribution in [0.1, 0.15) is 5.56 Å². The number of pyridine rings is 1. The molecule has 3 heteroatoms. The monoisotopic (exact) mass is 209 g/mol. The summed E-state index contributed by atoms with van der Waals surface area (Å²) in [5.41, 5.74) is 2.75. The molecule has 78 valence electrons. The zero-order chi connectivity index (χ0) is 11.4. The van der Waals surface area contributed by atoms with Crippen LogP contribution in [-0.4, -0.2) is 12.0 Å². The average molecular weight is 209 g/mol. The Hall–Kier alpha value is -2.34. The molecule has 0 amide bonds. The number of aromatic nitrogens is 1. The number of hydrogen-bond acceptors (Lipinski definition) is 3. The topological polar surface area (TPSA) is 48.7 Å². The Labute approximate surface area is 94.4 Å². The molecule has 0 radical (unpaired) electrons. The van der Waals surface area contributed by atoms with Crippen LogP contribution in [0.4, 0.5) is 5.82 Å². The minimum absolute atomic E-state index is 0.667. The maximum absolute atomic E-state index is 8.84. The van der Waals surface area contributed by atoms with E-state index in [0.717, 1.165) is 16.9 Å². The number of anilines is 1. The molecule has 0 saturated carbocycles. The van der Waals surface area contributed by atoms with Gasteiger partial charge in [-0.3, -0.25) is 0 Å². The van der Waals surface area contributed by atoms with Crippen LogP contribution in [0.3, 0.4) is 0 Å². The third-order valence-corrected chi connectivity index (χ3v) is 2.34. The third kappa shape index (κ3) is 2.01. The summed E-state index contributed by atoms with van der Waals surface area (Å²) in [6.45, 7) is 0. The largest absolute Gasteiger partial charge is 0.373 e. The van der Waals surface area contributed by atoms with Crippen LogP contribution in [0.5, 0.6) is 0 Å². The molecule has 0 aliphatic rings. The molecular formula is C13H11N3. The number of rotatable bonds is 2. The second kappa shape index (κ2) is 4.45. The lowest BCUT2D eigenvalue weighted by molar-refractivity contribution is 1.29. The van der Waals surface area contributed by atoms with E-state index in [0.29, 0.717) is 5.56 Å². The molecule has 1 N–H and O–H groups in total. The third-order valence-electron chi connectivity index (χ3n) is 2.34. The molecule has 1 aromatic carbocycles. The Bertz CT molecular complexity index is 541. The lowest BCUT2D eigenvalue weighted by atomic mass is 10.0. The highest BCUT2D eigenvalue weighted by molar-refractivity contribution is 5.67. The van der Waals surface area contributed by atoms with Gasteiger partial charge in [0.1, 0.15) is 5.82 Å². The number of nitrogens with zero attached hydrogens (tertiary/aromatic N) is 2. The Balaban J connectivity index is 2.46. The van der Waals surface area contributed by atoms with Crippen molar-refractivity contribution < 1.29 is 0 Å². The molecule has 0 fully saturated rings. The van der Waals surface area contributed by atoms with E-state index in [1.807, 2.05) is 37.4 Å². The summed E-state index contributed by atoms with van der Waals surface area (Å²) < 4.78 is 0. The van der Waals surface area contributed by atoms with Gasteiger partial charge in [-0.05, 0) is 35.4 Å². The number of nitriles is 1. The van der Waals surface area contributed by atoms with Crippen molar-refractivity contribution in [3.63, 3.8) is 0 Å². The molecule has 1 heterocycles. The minimum atomic E-state index is 0.667. The van der Waals surface area contributed by atoms with E-state index < -0.39 is 0 Å². The lowest BCUT2D eigenvalue weighted by Crippen LogP contribution is -1.91. The van der Waals surface area contributed by atoms with Gasteiger partial charge < -0.3 is 5.32 Å². The van der Waals surface area contributed by atoms with Crippen LogP contribution in [0, 0.1) is 11.3 Å². The predicted molar refractivity (Wildman–Crippen MR) is 63.9 cm³/mol. The van der Waals surface area contributed by atoms with Crippen molar-refractivity contribution in [3.05, 3.63) is 48.2 Å². The van der Waals surface area contributed by atoms with E-state index in [-0.39, 0.29) is 0 Å². The number of nitrogens with one attached hydrogen (secondary N) is 1. The van der Waals surface area contributed by atoms with E-state index in [1.165, 1.54) is 0 Å². The van der Waals surface area contributed by atoms with Crippen molar-refractivity contribution in [1.29, 1.82) is 5.26 Å². The molecule has 0 bridgehead atoms. The van der Waals surface area contributed by atoms with Crippen LogP contribution in [-0.2, 0) is 0 Å². The van der Waals surface area contributed by atoms with Gasteiger partial charge in [0.05, 0.1) is 11.6 Å². The zero-order valence-electron chi connectivity index (χ0n) is 8.94. The van der Waals surface area contributed by atoms with Gasteiger partial charge in [-0.15, -0.1) is 0 Å². The van der Waals surface area contributed by atoms with E-state index in [1.54, 1.807) is 12.3 Å². The molecule has 0 aliphatic heterocycles. The fourth-order valence-electron chi connectivity index (χ4n) is 1.52. The van der Waals surface area contributed by atoms with Crippen molar-refractivity contribution in [2.24, 2.45) is 0 Å². The summed E-state index contributed by atoms with van der Waals surface area (Å²) in [5.74, 6) is 0.819. The normalized spacial score (nSPS) is 9.50. The van der Waals surface area contributed by atoms with Crippen molar-refractivity contribution in [3.8, 4) is 17.2 Å². The van der Waals surface area contributed by atoms with Gasteiger partial charge in [0, 0.05) is 13.2 Å². The van der Waals surface area contributed by atoms with Crippen LogP contribution in [0.25, 0.3) is 11.1 Å². The van der Waals surface area contributed by atoms with Crippen LogP contribution in [0.15, 0.2) is 42.6 Å². The van der Waals surface area contributed by atoms with Crippen molar-refractivity contribution in [2.45, 2.75) is 0 Å². The molecule has 2 rings (SSSR count). The van der Waals surface area contributed by atoms with Crippen LogP contribution in [0.2, 0.25) is 0 Å². The second-order valence-corrected chi connectivity index (χ2v) is 3.37. The van der Waals surface area contributed by atoms with E-state index in [4.69, 9.17) is 5.26 Å². The lowest BCUT2D eigenvalue weighted by Gasteiger charge is -2.04. The Morgan fingerprint density at radius 2 is 2.00 bits per heavy atom. The summed E-state index contributed by atoms with van der Waals surface area (Å²) >= 11 is 0.